The lowest BCUT2D eigenvalue weighted by atomic mass is 9.79. The molecule has 1 heterocycles. The third kappa shape index (κ3) is 4.64. The zero-order valence-electron chi connectivity index (χ0n) is 28.6. The summed E-state index contributed by atoms with van der Waals surface area (Å²) in [4.78, 5) is 11.0. The van der Waals surface area contributed by atoms with E-state index in [9.17, 15) is 0 Å². The summed E-state index contributed by atoms with van der Waals surface area (Å²) in [6.07, 6.45) is 0. The van der Waals surface area contributed by atoms with Crippen LogP contribution in [-0.2, 0) is 5.41 Å². The zero-order valence-corrected chi connectivity index (χ0v) is 28.6. The lowest BCUT2D eigenvalue weighted by molar-refractivity contribution is 0.662. The summed E-state index contributed by atoms with van der Waals surface area (Å²) < 4.78 is 0. The minimum absolute atomic E-state index is 0.184. The second kappa shape index (κ2) is 11.3. The van der Waals surface area contributed by atoms with Gasteiger partial charge in [-0.25, -0.2) is 9.97 Å². The van der Waals surface area contributed by atoms with Crippen molar-refractivity contribution in [2.75, 3.05) is 0 Å². The van der Waals surface area contributed by atoms with Gasteiger partial charge in [-0.2, -0.15) is 0 Å². The van der Waals surface area contributed by atoms with Gasteiger partial charge in [-0.1, -0.05) is 172 Å². The van der Waals surface area contributed by atoms with Crippen molar-refractivity contribution in [3.05, 3.63) is 181 Å². The zero-order chi connectivity index (χ0) is 34.1. The summed E-state index contributed by atoms with van der Waals surface area (Å²) in [7, 11) is 0. The molecular formula is C49H34N2. The predicted molar refractivity (Wildman–Crippen MR) is 214 cm³/mol. The monoisotopic (exact) mass is 650 g/mol. The van der Waals surface area contributed by atoms with Gasteiger partial charge in [0, 0.05) is 22.1 Å². The van der Waals surface area contributed by atoms with Gasteiger partial charge in [-0.05, 0) is 77.8 Å². The fourth-order valence-corrected chi connectivity index (χ4v) is 8.43. The SMILES string of the molecule is CC1(C)c2ccccc2-c2cccc(-c3cc(-c4ccc(-c5ccccc5)cc4)nc(-c4c5ccccc5cc5c4ccc4ccccc45)n3)c21. The van der Waals surface area contributed by atoms with Crippen LogP contribution in [0.4, 0.5) is 0 Å². The average molecular weight is 651 g/mol. The molecule has 1 aliphatic carbocycles. The average Bonchev–Trinajstić information content (AvgIpc) is 3.43. The van der Waals surface area contributed by atoms with Gasteiger partial charge in [0.2, 0.25) is 0 Å². The summed E-state index contributed by atoms with van der Waals surface area (Å²) in [5.41, 5.74) is 12.6. The number of hydrogen-bond acceptors (Lipinski definition) is 2. The van der Waals surface area contributed by atoms with Gasteiger partial charge in [0.25, 0.3) is 0 Å². The standard InChI is InChI=1S/C49H34N2/c1-49(2)43-22-11-10-19-38(43)40-20-12-21-41(47(40)49)45-30-44(34-25-23-32(24-26-34)31-13-4-3-5-14-31)50-48(51-45)46-37-18-9-7-16-35(37)29-42-36-17-8-6-15-33(36)27-28-39(42)46/h3-30H,1-2H3. The van der Waals surface area contributed by atoms with Crippen molar-refractivity contribution in [2.24, 2.45) is 0 Å². The fraction of sp³-hybridized carbons (Fsp3) is 0.0612. The topological polar surface area (TPSA) is 25.8 Å². The van der Waals surface area contributed by atoms with E-state index in [1.165, 1.54) is 54.9 Å². The van der Waals surface area contributed by atoms with E-state index in [1.807, 2.05) is 0 Å². The minimum Gasteiger partial charge on any atom is -0.228 e. The normalized spacial score (nSPS) is 13.1. The maximum atomic E-state index is 5.54. The van der Waals surface area contributed by atoms with E-state index in [-0.39, 0.29) is 5.41 Å². The van der Waals surface area contributed by atoms with Gasteiger partial charge < -0.3 is 0 Å². The highest BCUT2D eigenvalue weighted by molar-refractivity contribution is 6.19. The Morgan fingerprint density at radius 3 is 1.86 bits per heavy atom. The van der Waals surface area contributed by atoms with Crippen LogP contribution < -0.4 is 0 Å². The number of hydrogen-bond donors (Lipinski definition) is 0. The Balaban J connectivity index is 1.26. The molecule has 2 nitrogen and oxygen atoms in total. The van der Waals surface area contributed by atoms with Crippen LogP contribution in [0.1, 0.15) is 25.0 Å². The van der Waals surface area contributed by atoms with Crippen LogP contribution in [0.25, 0.3) is 88.5 Å². The Labute approximate surface area is 297 Å². The van der Waals surface area contributed by atoms with Gasteiger partial charge in [-0.3, -0.25) is 0 Å². The lowest BCUT2D eigenvalue weighted by Crippen LogP contribution is -2.16. The van der Waals surface area contributed by atoms with Gasteiger partial charge in [0.1, 0.15) is 0 Å². The van der Waals surface area contributed by atoms with E-state index in [0.717, 1.165) is 44.7 Å². The van der Waals surface area contributed by atoms with E-state index in [4.69, 9.17) is 9.97 Å². The fourth-order valence-electron chi connectivity index (χ4n) is 8.43. The second-order valence-electron chi connectivity index (χ2n) is 14.2. The van der Waals surface area contributed by atoms with E-state index >= 15 is 0 Å². The highest BCUT2D eigenvalue weighted by Gasteiger charge is 2.37. The molecule has 8 aromatic carbocycles. The smallest absolute Gasteiger partial charge is 0.161 e. The quantitative estimate of drug-likeness (QED) is 0.140. The summed E-state index contributed by atoms with van der Waals surface area (Å²) in [5.74, 6) is 0.734. The number of aromatic nitrogens is 2. The molecule has 0 aliphatic heterocycles. The second-order valence-corrected chi connectivity index (χ2v) is 14.2. The third-order valence-electron chi connectivity index (χ3n) is 10.9. The first kappa shape index (κ1) is 29.5. The van der Waals surface area contributed by atoms with Crippen molar-refractivity contribution >= 4 is 32.3 Å². The van der Waals surface area contributed by atoms with Gasteiger partial charge in [0.15, 0.2) is 5.82 Å². The molecule has 0 radical (unpaired) electrons. The number of benzene rings is 8. The highest BCUT2D eigenvalue weighted by Crippen LogP contribution is 2.52. The molecule has 0 amide bonds. The van der Waals surface area contributed by atoms with Crippen LogP contribution in [-0.4, -0.2) is 9.97 Å². The first-order valence-electron chi connectivity index (χ1n) is 17.7. The van der Waals surface area contributed by atoms with E-state index in [0.29, 0.717) is 0 Å². The predicted octanol–water partition coefficient (Wildman–Crippen LogP) is 12.9. The number of fused-ring (bicyclic) bond motifs is 7. The maximum Gasteiger partial charge on any atom is 0.161 e. The molecule has 10 rings (SSSR count). The molecule has 1 aromatic heterocycles. The largest absolute Gasteiger partial charge is 0.228 e. The van der Waals surface area contributed by atoms with Crippen LogP contribution in [0.2, 0.25) is 0 Å². The molecule has 51 heavy (non-hydrogen) atoms. The Hall–Kier alpha value is -6.38. The molecule has 0 saturated heterocycles. The molecule has 0 unspecified atom stereocenters. The van der Waals surface area contributed by atoms with Crippen LogP contribution >= 0.6 is 0 Å². The number of nitrogens with zero attached hydrogens (tertiary/aromatic N) is 2. The molecular weight excluding hydrogens is 617 g/mol. The molecule has 0 spiro atoms. The van der Waals surface area contributed by atoms with Crippen molar-refractivity contribution in [3.63, 3.8) is 0 Å². The first-order chi connectivity index (χ1) is 25.0. The minimum atomic E-state index is -0.184. The van der Waals surface area contributed by atoms with E-state index in [2.05, 4.69) is 184 Å². The Kier molecular flexibility index (Phi) is 6.56. The first-order valence-corrected chi connectivity index (χ1v) is 17.7. The number of rotatable bonds is 4. The maximum absolute atomic E-state index is 5.54. The molecule has 240 valence electrons. The van der Waals surface area contributed by atoms with Crippen LogP contribution in [0.15, 0.2) is 170 Å². The molecule has 1 aliphatic rings. The van der Waals surface area contributed by atoms with E-state index < -0.39 is 0 Å². The van der Waals surface area contributed by atoms with Crippen molar-refractivity contribution in [2.45, 2.75) is 19.3 Å². The van der Waals surface area contributed by atoms with Crippen LogP contribution in [0, 0.1) is 0 Å². The molecule has 9 aromatic rings. The van der Waals surface area contributed by atoms with E-state index in [1.54, 1.807) is 0 Å². The molecule has 2 heteroatoms. The van der Waals surface area contributed by atoms with Crippen molar-refractivity contribution in [3.8, 4) is 56.2 Å². The summed E-state index contributed by atoms with van der Waals surface area (Å²) in [6.45, 7) is 4.69. The van der Waals surface area contributed by atoms with Gasteiger partial charge in [-0.15, -0.1) is 0 Å². The van der Waals surface area contributed by atoms with Crippen LogP contribution in [0.5, 0.6) is 0 Å². The molecule has 0 saturated carbocycles. The van der Waals surface area contributed by atoms with Crippen molar-refractivity contribution in [1.29, 1.82) is 0 Å². The molecule has 0 atom stereocenters. The molecule has 0 N–H and O–H groups in total. The molecule has 0 fully saturated rings. The molecule has 0 bridgehead atoms. The summed E-state index contributed by atoms with van der Waals surface area (Å²) >= 11 is 0. The third-order valence-corrected chi connectivity index (χ3v) is 10.9. The Morgan fingerprint density at radius 2 is 1.02 bits per heavy atom. The van der Waals surface area contributed by atoms with Crippen molar-refractivity contribution in [1.82, 2.24) is 9.97 Å². The van der Waals surface area contributed by atoms with Gasteiger partial charge >= 0.3 is 0 Å². The van der Waals surface area contributed by atoms with Crippen LogP contribution in [0.3, 0.4) is 0 Å². The summed E-state index contributed by atoms with van der Waals surface area (Å²) in [5, 5.41) is 7.14. The highest BCUT2D eigenvalue weighted by atomic mass is 14.9. The Bertz CT molecular complexity index is 2810. The van der Waals surface area contributed by atoms with Gasteiger partial charge in [0.05, 0.1) is 11.4 Å². The van der Waals surface area contributed by atoms with Crippen molar-refractivity contribution < 1.29 is 0 Å². The summed E-state index contributed by atoms with van der Waals surface area (Å²) in [6, 6.07) is 61.2. The Morgan fingerprint density at radius 1 is 0.392 bits per heavy atom. The lowest BCUT2D eigenvalue weighted by Gasteiger charge is -2.24.